The Balaban J connectivity index is 1.93. The minimum Gasteiger partial charge on any atom is -0.358 e. The SMILES string of the molecule is CCN(C(=S)NCc1ccccc1)[C@H]1CCS(=O)(=O)C1. The highest BCUT2D eigenvalue weighted by Crippen LogP contribution is 2.17. The number of rotatable bonds is 4. The van der Waals surface area contributed by atoms with Gasteiger partial charge in [-0.2, -0.15) is 0 Å². The first-order chi connectivity index (χ1) is 9.52. The second kappa shape index (κ2) is 6.54. The average molecular weight is 312 g/mol. The Bertz CT molecular complexity index is 558. The lowest BCUT2D eigenvalue weighted by atomic mass is 10.2. The predicted molar refractivity (Wildman–Crippen MR) is 85.3 cm³/mol. The highest BCUT2D eigenvalue weighted by Gasteiger charge is 2.32. The molecule has 1 aromatic carbocycles. The van der Waals surface area contributed by atoms with Crippen LogP contribution in [0.25, 0.3) is 0 Å². The molecule has 20 heavy (non-hydrogen) atoms. The Hall–Kier alpha value is -1.14. The monoisotopic (exact) mass is 312 g/mol. The molecule has 110 valence electrons. The number of hydrogen-bond acceptors (Lipinski definition) is 3. The lowest BCUT2D eigenvalue weighted by molar-refractivity contribution is 0.345. The van der Waals surface area contributed by atoms with Gasteiger partial charge in [0, 0.05) is 19.1 Å². The number of hydrogen-bond donors (Lipinski definition) is 1. The predicted octanol–water partition coefficient (Wildman–Crippen LogP) is 1.57. The molecule has 1 saturated heterocycles. The van der Waals surface area contributed by atoms with Crippen LogP contribution in [-0.4, -0.2) is 42.5 Å². The van der Waals surface area contributed by atoms with Crippen molar-refractivity contribution < 1.29 is 8.42 Å². The molecule has 1 aliphatic heterocycles. The maximum atomic E-state index is 11.6. The van der Waals surface area contributed by atoms with Gasteiger partial charge in [-0.05, 0) is 31.1 Å². The van der Waals surface area contributed by atoms with Crippen LogP contribution < -0.4 is 5.32 Å². The fraction of sp³-hybridized carbons (Fsp3) is 0.500. The summed E-state index contributed by atoms with van der Waals surface area (Å²) in [6.07, 6.45) is 0.670. The molecule has 2 rings (SSSR count). The van der Waals surface area contributed by atoms with Crippen molar-refractivity contribution in [2.45, 2.75) is 25.9 Å². The van der Waals surface area contributed by atoms with E-state index in [0.29, 0.717) is 18.1 Å². The van der Waals surface area contributed by atoms with Gasteiger partial charge in [-0.25, -0.2) is 8.42 Å². The molecule has 1 N–H and O–H groups in total. The number of benzene rings is 1. The molecule has 0 amide bonds. The first-order valence-corrected chi connectivity index (χ1v) is 9.03. The van der Waals surface area contributed by atoms with Crippen molar-refractivity contribution in [1.82, 2.24) is 10.2 Å². The fourth-order valence-corrected chi connectivity index (χ4v) is 4.54. The van der Waals surface area contributed by atoms with E-state index in [2.05, 4.69) is 5.32 Å². The maximum Gasteiger partial charge on any atom is 0.169 e. The molecule has 1 aliphatic rings. The first-order valence-electron chi connectivity index (χ1n) is 6.80. The summed E-state index contributed by atoms with van der Waals surface area (Å²) in [6.45, 7) is 3.39. The van der Waals surface area contributed by atoms with Crippen molar-refractivity contribution in [3.05, 3.63) is 35.9 Å². The molecule has 0 aromatic heterocycles. The van der Waals surface area contributed by atoms with Crippen LogP contribution in [0.1, 0.15) is 18.9 Å². The van der Waals surface area contributed by atoms with Crippen LogP contribution in [0.3, 0.4) is 0 Å². The van der Waals surface area contributed by atoms with Crippen molar-refractivity contribution in [2.24, 2.45) is 0 Å². The van der Waals surface area contributed by atoms with Crippen LogP contribution in [0.2, 0.25) is 0 Å². The maximum absolute atomic E-state index is 11.6. The Morgan fingerprint density at radius 2 is 2.10 bits per heavy atom. The van der Waals surface area contributed by atoms with Gasteiger partial charge < -0.3 is 10.2 Å². The zero-order valence-corrected chi connectivity index (χ0v) is 13.2. The lowest BCUT2D eigenvalue weighted by Crippen LogP contribution is -2.46. The quantitative estimate of drug-likeness (QED) is 0.855. The van der Waals surface area contributed by atoms with Crippen LogP contribution in [0.5, 0.6) is 0 Å². The summed E-state index contributed by atoms with van der Waals surface area (Å²) >= 11 is 5.41. The normalized spacial score (nSPS) is 20.6. The molecule has 0 spiro atoms. The summed E-state index contributed by atoms with van der Waals surface area (Å²) in [5, 5.41) is 3.85. The van der Waals surface area contributed by atoms with Crippen molar-refractivity contribution in [1.29, 1.82) is 0 Å². The second-order valence-electron chi connectivity index (χ2n) is 4.99. The minimum atomic E-state index is -2.88. The topological polar surface area (TPSA) is 49.4 Å². The summed E-state index contributed by atoms with van der Waals surface area (Å²) in [4.78, 5) is 1.99. The highest BCUT2D eigenvalue weighted by molar-refractivity contribution is 7.91. The van der Waals surface area contributed by atoms with Crippen molar-refractivity contribution in [2.75, 3.05) is 18.1 Å². The molecular weight excluding hydrogens is 292 g/mol. The van der Waals surface area contributed by atoms with E-state index in [-0.39, 0.29) is 17.5 Å². The van der Waals surface area contributed by atoms with Gasteiger partial charge in [0.2, 0.25) is 0 Å². The van der Waals surface area contributed by atoms with E-state index in [0.717, 1.165) is 12.1 Å². The van der Waals surface area contributed by atoms with Gasteiger partial charge in [0.05, 0.1) is 11.5 Å². The first kappa shape index (κ1) is 15.3. The summed E-state index contributed by atoms with van der Waals surface area (Å²) in [5.74, 6) is 0.490. The highest BCUT2D eigenvalue weighted by atomic mass is 32.2. The van der Waals surface area contributed by atoms with Gasteiger partial charge in [-0.3, -0.25) is 0 Å². The molecule has 1 heterocycles. The van der Waals surface area contributed by atoms with Crippen LogP contribution in [0.15, 0.2) is 30.3 Å². The standard InChI is InChI=1S/C14H20N2O2S2/c1-2-16(13-8-9-20(17,18)11-13)14(19)15-10-12-6-4-3-5-7-12/h3-7,13H,2,8-11H2,1H3,(H,15,19)/t13-/m0/s1. The zero-order valence-electron chi connectivity index (χ0n) is 11.6. The van der Waals surface area contributed by atoms with E-state index in [1.165, 1.54) is 0 Å². The van der Waals surface area contributed by atoms with Gasteiger partial charge in [0.25, 0.3) is 0 Å². The third-order valence-electron chi connectivity index (χ3n) is 3.54. The van der Waals surface area contributed by atoms with Crippen molar-refractivity contribution >= 4 is 27.2 Å². The smallest absolute Gasteiger partial charge is 0.169 e. The third-order valence-corrected chi connectivity index (χ3v) is 5.67. The van der Waals surface area contributed by atoms with Gasteiger partial charge in [-0.1, -0.05) is 30.3 Å². The Kier molecular flexibility index (Phi) is 4.99. The van der Waals surface area contributed by atoms with E-state index >= 15 is 0 Å². The molecule has 6 heteroatoms. The van der Waals surface area contributed by atoms with E-state index < -0.39 is 9.84 Å². The number of nitrogens with one attached hydrogen (secondary N) is 1. The summed E-state index contributed by atoms with van der Waals surface area (Å²) in [5.41, 5.74) is 1.16. The van der Waals surface area contributed by atoms with Crippen molar-refractivity contribution in [3.8, 4) is 0 Å². The molecule has 0 saturated carbocycles. The molecule has 0 aliphatic carbocycles. The van der Waals surface area contributed by atoms with Crippen LogP contribution in [0, 0.1) is 0 Å². The number of thiocarbonyl (C=S) groups is 1. The largest absolute Gasteiger partial charge is 0.358 e. The summed E-state index contributed by atoms with van der Waals surface area (Å²) in [7, 11) is -2.88. The van der Waals surface area contributed by atoms with E-state index in [1.54, 1.807) is 0 Å². The molecule has 1 aromatic rings. The third kappa shape index (κ3) is 3.93. The van der Waals surface area contributed by atoms with Crippen molar-refractivity contribution in [3.63, 3.8) is 0 Å². The second-order valence-corrected chi connectivity index (χ2v) is 7.60. The van der Waals surface area contributed by atoms with Gasteiger partial charge in [-0.15, -0.1) is 0 Å². The molecule has 0 bridgehead atoms. The Labute approximate surface area is 126 Å². The summed E-state index contributed by atoms with van der Waals surface area (Å²) < 4.78 is 23.1. The molecule has 1 atom stereocenters. The number of sulfone groups is 1. The lowest BCUT2D eigenvalue weighted by Gasteiger charge is -2.29. The average Bonchev–Trinajstić information content (AvgIpc) is 2.78. The molecule has 0 unspecified atom stereocenters. The molecular formula is C14H20N2O2S2. The number of nitrogens with zero attached hydrogens (tertiary/aromatic N) is 1. The van der Waals surface area contributed by atoms with Gasteiger partial charge in [0.1, 0.15) is 0 Å². The van der Waals surface area contributed by atoms with Crippen LogP contribution in [-0.2, 0) is 16.4 Å². The minimum absolute atomic E-state index is 0.0146. The van der Waals surface area contributed by atoms with Crippen LogP contribution >= 0.6 is 12.2 Å². The Morgan fingerprint density at radius 1 is 1.40 bits per heavy atom. The molecule has 1 fully saturated rings. The van der Waals surface area contributed by atoms with E-state index in [4.69, 9.17) is 12.2 Å². The molecule has 0 radical (unpaired) electrons. The van der Waals surface area contributed by atoms with Gasteiger partial charge >= 0.3 is 0 Å². The summed E-state index contributed by atoms with van der Waals surface area (Å²) in [6, 6.07) is 10.0. The van der Waals surface area contributed by atoms with E-state index in [9.17, 15) is 8.42 Å². The zero-order chi connectivity index (χ0) is 14.6. The fourth-order valence-electron chi connectivity index (χ4n) is 2.46. The Morgan fingerprint density at radius 3 is 2.65 bits per heavy atom. The molecule has 4 nitrogen and oxygen atoms in total. The van der Waals surface area contributed by atoms with Crippen LogP contribution in [0.4, 0.5) is 0 Å². The van der Waals surface area contributed by atoms with E-state index in [1.807, 2.05) is 42.2 Å². The van der Waals surface area contributed by atoms with Gasteiger partial charge in [0.15, 0.2) is 14.9 Å².